The molecule has 2 aromatic carbocycles. The third-order valence-electron chi connectivity index (χ3n) is 6.23. The molecule has 0 heterocycles. The van der Waals surface area contributed by atoms with Crippen LogP contribution in [0.2, 0.25) is 0 Å². The minimum Gasteiger partial charge on any atom is -0.425 e. The lowest BCUT2D eigenvalue weighted by molar-refractivity contribution is -0.143. The minimum atomic E-state index is -0.481. The Morgan fingerprint density at radius 1 is 1.17 bits per heavy atom. The summed E-state index contributed by atoms with van der Waals surface area (Å²) in [6.45, 7) is 8.71. The lowest BCUT2D eigenvalue weighted by Crippen LogP contribution is -2.36. The van der Waals surface area contributed by atoms with Crippen LogP contribution in [-0.2, 0) is 4.79 Å². The van der Waals surface area contributed by atoms with Gasteiger partial charge >= 0.3 is 5.97 Å². The molecule has 2 aliphatic rings. The molecule has 2 fully saturated rings. The highest BCUT2D eigenvalue weighted by molar-refractivity contribution is 5.92. The highest BCUT2D eigenvalue weighted by atomic mass is 16.5. The van der Waals surface area contributed by atoms with Gasteiger partial charge in [0.25, 0.3) is 0 Å². The summed E-state index contributed by atoms with van der Waals surface area (Å²) in [6.07, 6.45) is 2.86. The van der Waals surface area contributed by atoms with Gasteiger partial charge in [0.2, 0.25) is 0 Å². The third-order valence-corrected chi connectivity index (χ3v) is 6.23. The van der Waals surface area contributed by atoms with Crippen molar-refractivity contribution in [3.05, 3.63) is 54.6 Å². The topological polar surface area (TPSA) is 26.3 Å². The number of ether oxygens (including phenoxy) is 1. The van der Waals surface area contributed by atoms with Gasteiger partial charge in [-0.05, 0) is 42.0 Å². The van der Waals surface area contributed by atoms with Crippen molar-refractivity contribution in [2.45, 2.75) is 33.1 Å². The van der Waals surface area contributed by atoms with Crippen molar-refractivity contribution in [2.75, 3.05) is 0 Å². The quantitative estimate of drug-likeness (QED) is 0.437. The number of rotatable bonds is 2. The molecule has 4 rings (SSSR count). The number of esters is 1. The van der Waals surface area contributed by atoms with E-state index in [0.717, 1.165) is 35.6 Å². The predicted molar refractivity (Wildman–Crippen MR) is 92.3 cm³/mol. The van der Waals surface area contributed by atoms with E-state index in [4.69, 9.17) is 4.74 Å². The Morgan fingerprint density at radius 2 is 1.91 bits per heavy atom. The normalized spacial score (nSPS) is 28.3. The van der Waals surface area contributed by atoms with Crippen molar-refractivity contribution in [2.24, 2.45) is 16.7 Å². The number of carbonyl (C=O) groups is 1. The zero-order valence-corrected chi connectivity index (χ0v) is 13.8. The first-order valence-corrected chi connectivity index (χ1v) is 8.35. The largest absolute Gasteiger partial charge is 0.425 e. The van der Waals surface area contributed by atoms with Gasteiger partial charge in [-0.3, -0.25) is 4.79 Å². The molecule has 2 nitrogen and oxygen atoms in total. The van der Waals surface area contributed by atoms with Crippen molar-refractivity contribution in [3.63, 3.8) is 0 Å². The number of hydrogen-bond donors (Lipinski definition) is 0. The van der Waals surface area contributed by atoms with Crippen molar-refractivity contribution >= 4 is 16.7 Å². The van der Waals surface area contributed by atoms with E-state index >= 15 is 0 Å². The standard InChI is InChI=1S/C21H22O2/c1-14-20(2,3)16-11-12-21(14,13-16)19(22)23-18-10-6-8-15-7-4-5-9-17(15)18/h4-10,16H,1,11-13H2,2-3H3. The average molecular weight is 306 g/mol. The zero-order valence-electron chi connectivity index (χ0n) is 13.8. The van der Waals surface area contributed by atoms with E-state index in [-0.39, 0.29) is 11.4 Å². The number of fused-ring (bicyclic) bond motifs is 3. The van der Waals surface area contributed by atoms with E-state index in [1.807, 2.05) is 42.5 Å². The van der Waals surface area contributed by atoms with Crippen molar-refractivity contribution in [1.29, 1.82) is 0 Å². The van der Waals surface area contributed by atoms with Crippen LogP contribution in [-0.4, -0.2) is 5.97 Å². The molecule has 0 spiro atoms. The van der Waals surface area contributed by atoms with E-state index in [0.29, 0.717) is 11.7 Å². The van der Waals surface area contributed by atoms with Crippen LogP contribution >= 0.6 is 0 Å². The molecule has 2 atom stereocenters. The minimum absolute atomic E-state index is 0.0377. The molecule has 2 saturated carbocycles. The number of benzene rings is 2. The molecule has 0 radical (unpaired) electrons. The predicted octanol–water partition coefficient (Wildman–Crippen LogP) is 5.13. The maximum absolute atomic E-state index is 13.1. The van der Waals surface area contributed by atoms with Gasteiger partial charge in [0.1, 0.15) is 5.75 Å². The highest BCUT2D eigenvalue weighted by Crippen LogP contribution is 2.65. The molecule has 0 amide bonds. The van der Waals surface area contributed by atoms with Gasteiger partial charge in [-0.2, -0.15) is 0 Å². The summed E-state index contributed by atoms with van der Waals surface area (Å²) < 4.78 is 5.90. The maximum atomic E-state index is 13.1. The second kappa shape index (κ2) is 4.70. The van der Waals surface area contributed by atoms with Crippen LogP contribution in [0.5, 0.6) is 5.75 Å². The summed E-state index contributed by atoms with van der Waals surface area (Å²) in [5.74, 6) is 1.09. The molecule has 0 saturated heterocycles. The van der Waals surface area contributed by atoms with Gasteiger partial charge in [0.15, 0.2) is 0 Å². The fraction of sp³-hybridized carbons (Fsp3) is 0.381. The van der Waals surface area contributed by atoms with E-state index in [2.05, 4.69) is 20.4 Å². The zero-order chi connectivity index (χ0) is 16.2. The Balaban J connectivity index is 1.70. The Hall–Kier alpha value is -2.09. The third kappa shape index (κ3) is 1.90. The van der Waals surface area contributed by atoms with Gasteiger partial charge in [-0.1, -0.05) is 62.4 Å². The fourth-order valence-corrected chi connectivity index (χ4v) is 4.59. The summed E-state index contributed by atoms with van der Waals surface area (Å²) >= 11 is 0. The molecular formula is C21H22O2. The Morgan fingerprint density at radius 3 is 2.65 bits per heavy atom. The fourth-order valence-electron chi connectivity index (χ4n) is 4.59. The molecule has 2 heteroatoms. The van der Waals surface area contributed by atoms with Crippen LogP contribution in [0.15, 0.2) is 54.6 Å². The van der Waals surface area contributed by atoms with E-state index in [9.17, 15) is 4.79 Å². The summed E-state index contributed by atoms with van der Waals surface area (Å²) in [6, 6.07) is 13.9. The highest BCUT2D eigenvalue weighted by Gasteiger charge is 2.61. The maximum Gasteiger partial charge on any atom is 0.321 e. The lowest BCUT2D eigenvalue weighted by Gasteiger charge is -2.36. The monoisotopic (exact) mass is 306 g/mol. The SMILES string of the molecule is C=C1C2(C(=O)Oc3cccc4ccccc34)CCC(C2)C1(C)C. The summed E-state index contributed by atoms with van der Waals surface area (Å²) in [4.78, 5) is 13.1. The number of hydrogen-bond acceptors (Lipinski definition) is 2. The molecule has 0 aromatic heterocycles. The van der Waals surface area contributed by atoms with Crippen LogP contribution in [0, 0.1) is 16.7 Å². The Bertz CT molecular complexity index is 812. The first kappa shape index (κ1) is 14.5. The summed E-state index contributed by atoms with van der Waals surface area (Å²) in [7, 11) is 0. The molecule has 2 bridgehead atoms. The molecule has 2 unspecified atom stereocenters. The summed E-state index contributed by atoms with van der Waals surface area (Å²) in [5, 5.41) is 2.07. The average Bonchev–Trinajstić information content (AvgIpc) is 3.08. The van der Waals surface area contributed by atoms with E-state index < -0.39 is 5.41 Å². The molecule has 118 valence electrons. The van der Waals surface area contributed by atoms with Gasteiger partial charge in [0, 0.05) is 5.39 Å². The van der Waals surface area contributed by atoms with Crippen molar-refractivity contribution in [3.8, 4) is 5.75 Å². The molecular weight excluding hydrogens is 284 g/mol. The first-order chi connectivity index (χ1) is 10.9. The van der Waals surface area contributed by atoms with Gasteiger partial charge in [-0.25, -0.2) is 0 Å². The summed E-state index contributed by atoms with van der Waals surface area (Å²) in [5.41, 5.74) is 0.618. The second-order valence-corrected chi connectivity index (χ2v) is 7.59. The van der Waals surface area contributed by atoms with Crippen LogP contribution in [0.1, 0.15) is 33.1 Å². The van der Waals surface area contributed by atoms with Crippen LogP contribution in [0.25, 0.3) is 10.8 Å². The lowest BCUT2D eigenvalue weighted by atomic mass is 9.68. The molecule has 2 aliphatic carbocycles. The van der Waals surface area contributed by atoms with Crippen LogP contribution in [0.3, 0.4) is 0 Å². The van der Waals surface area contributed by atoms with Crippen molar-refractivity contribution in [1.82, 2.24) is 0 Å². The molecule has 0 N–H and O–H groups in total. The smallest absolute Gasteiger partial charge is 0.321 e. The van der Waals surface area contributed by atoms with Crippen LogP contribution < -0.4 is 4.74 Å². The first-order valence-electron chi connectivity index (χ1n) is 8.35. The second-order valence-electron chi connectivity index (χ2n) is 7.59. The molecule has 2 aromatic rings. The van der Waals surface area contributed by atoms with E-state index in [1.165, 1.54) is 0 Å². The molecule has 0 aliphatic heterocycles. The van der Waals surface area contributed by atoms with Gasteiger partial charge < -0.3 is 4.74 Å². The van der Waals surface area contributed by atoms with Crippen molar-refractivity contribution < 1.29 is 9.53 Å². The Labute approximate surface area is 137 Å². The van der Waals surface area contributed by atoms with Crippen LogP contribution in [0.4, 0.5) is 0 Å². The van der Waals surface area contributed by atoms with E-state index in [1.54, 1.807) is 0 Å². The Kier molecular flexibility index (Phi) is 2.96. The molecule has 23 heavy (non-hydrogen) atoms. The van der Waals surface area contributed by atoms with Gasteiger partial charge in [-0.15, -0.1) is 0 Å². The number of carbonyl (C=O) groups excluding carboxylic acids is 1. The van der Waals surface area contributed by atoms with Gasteiger partial charge in [0.05, 0.1) is 5.41 Å².